The third-order valence-electron chi connectivity index (χ3n) is 5.14. The lowest BCUT2D eigenvalue weighted by Gasteiger charge is -2.20. The Morgan fingerprint density at radius 1 is 1.32 bits per heavy atom. The van der Waals surface area contributed by atoms with Gasteiger partial charge in [-0.15, -0.1) is 0 Å². The molecule has 0 spiro atoms. The molecule has 7 heteroatoms. The molecule has 0 aliphatic carbocycles. The Kier molecular flexibility index (Phi) is 4.40. The minimum atomic E-state index is 0.0292. The Morgan fingerprint density at radius 3 is 3.00 bits per heavy atom. The van der Waals surface area contributed by atoms with Gasteiger partial charge in [-0.25, -0.2) is 4.98 Å². The number of ether oxygens (including phenoxy) is 2. The van der Waals surface area contributed by atoms with Gasteiger partial charge in [0, 0.05) is 44.5 Å². The second-order valence-electron chi connectivity index (χ2n) is 6.65. The monoisotopic (exact) mass is 342 g/mol. The summed E-state index contributed by atoms with van der Waals surface area (Å²) in [5.74, 6) is 1.47. The van der Waals surface area contributed by atoms with Gasteiger partial charge in [0.25, 0.3) is 5.91 Å². The number of aryl methyl sites for hydroxylation is 1. The van der Waals surface area contributed by atoms with E-state index >= 15 is 0 Å². The summed E-state index contributed by atoms with van der Waals surface area (Å²) in [6, 6.07) is 7.40. The molecule has 0 unspecified atom stereocenters. The molecular formula is C18H22N4O3. The van der Waals surface area contributed by atoms with Crippen molar-refractivity contribution in [3.8, 4) is 5.88 Å². The van der Waals surface area contributed by atoms with Gasteiger partial charge < -0.3 is 14.4 Å². The number of carbonyl (C=O) groups excluding carboxylic acids is 1. The lowest BCUT2D eigenvalue weighted by Crippen LogP contribution is -2.32. The topological polar surface area (TPSA) is 69.5 Å². The minimum Gasteiger partial charge on any atom is -0.478 e. The largest absolute Gasteiger partial charge is 0.478 e. The molecule has 0 radical (unpaired) electrons. The zero-order valence-electron chi connectivity index (χ0n) is 14.2. The third kappa shape index (κ3) is 3.24. The fourth-order valence-electron chi connectivity index (χ4n) is 3.76. The van der Waals surface area contributed by atoms with E-state index in [-0.39, 0.29) is 12.0 Å². The van der Waals surface area contributed by atoms with E-state index in [1.807, 2.05) is 23.1 Å². The van der Waals surface area contributed by atoms with E-state index in [4.69, 9.17) is 9.47 Å². The van der Waals surface area contributed by atoms with E-state index in [1.54, 1.807) is 30.2 Å². The molecule has 25 heavy (non-hydrogen) atoms. The van der Waals surface area contributed by atoms with E-state index in [2.05, 4.69) is 10.1 Å². The number of amides is 1. The van der Waals surface area contributed by atoms with Crippen LogP contribution in [0, 0.1) is 11.8 Å². The van der Waals surface area contributed by atoms with Crippen LogP contribution in [0.2, 0.25) is 0 Å². The fraction of sp³-hybridized carbons (Fsp3) is 0.500. The maximum Gasteiger partial charge on any atom is 0.272 e. The van der Waals surface area contributed by atoms with E-state index in [0.717, 1.165) is 19.6 Å². The molecule has 2 aliphatic rings. The Bertz CT molecular complexity index is 733. The summed E-state index contributed by atoms with van der Waals surface area (Å²) in [5, 5.41) is 4.08. The lowest BCUT2D eigenvalue weighted by molar-refractivity contribution is 0.0663. The smallest absolute Gasteiger partial charge is 0.272 e. The maximum absolute atomic E-state index is 12.6. The average Bonchev–Trinajstić information content (AvgIpc) is 3.32. The van der Waals surface area contributed by atoms with Crippen molar-refractivity contribution in [2.75, 3.05) is 26.3 Å². The molecule has 4 heterocycles. The quantitative estimate of drug-likeness (QED) is 0.821. The molecule has 0 saturated carbocycles. The van der Waals surface area contributed by atoms with Crippen LogP contribution >= 0.6 is 0 Å². The predicted molar refractivity (Wildman–Crippen MR) is 90.2 cm³/mol. The second-order valence-corrected chi connectivity index (χ2v) is 6.65. The molecule has 0 aromatic carbocycles. The normalized spacial score (nSPS) is 25.2. The van der Waals surface area contributed by atoms with Crippen LogP contribution in [0.4, 0.5) is 0 Å². The van der Waals surface area contributed by atoms with Crippen LogP contribution in [0.5, 0.6) is 5.88 Å². The molecule has 0 bridgehead atoms. The summed E-state index contributed by atoms with van der Waals surface area (Å²) in [7, 11) is 1.79. The van der Waals surface area contributed by atoms with Crippen molar-refractivity contribution in [3.05, 3.63) is 42.4 Å². The van der Waals surface area contributed by atoms with Crippen molar-refractivity contribution in [1.29, 1.82) is 0 Å². The van der Waals surface area contributed by atoms with Crippen LogP contribution in [0.3, 0.4) is 0 Å². The van der Waals surface area contributed by atoms with Crippen molar-refractivity contribution in [3.63, 3.8) is 0 Å². The number of nitrogens with zero attached hydrogens (tertiary/aromatic N) is 4. The number of rotatable bonds is 5. The summed E-state index contributed by atoms with van der Waals surface area (Å²) in [4.78, 5) is 18.7. The molecule has 2 aromatic rings. The first-order chi connectivity index (χ1) is 12.2. The Balaban J connectivity index is 1.32. The Hall–Kier alpha value is -2.41. The summed E-state index contributed by atoms with van der Waals surface area (Å²) in [6.07, 6.45) is 4.42. The highest BCUT2D eigenvalue weighted by atomic mass is 16.5. The maximum atomic E-state index is 12.6. The summed E-state index contributed by atoms with van der Waals surface area (Å²) in [6.45, 7) is 2.76. The highest BCUT2D eigenvalue weighted by molar-refractivity contribution is 5.92. The first-order valence-corrected chi connectivity index (χ1v) is 8.65. The van der Waals surface area contributed by atoms with Gasteiger partial charge in [0.05, 0.1) is 19.3 Å². The number of fused-ring (bicyclic) bond motifs is 1. The van der Waals surface area contributed by atoms with Gasteiger partial charge in [-0.05, 0) is 24.5 Å². The number of likely N-dealkylation sites (tertiary alicyclic amines) is 1. The first kappa shape index (κ1) is 16.1. The highest BCUT2D eigenvalue weighted by Crippen LogP contribution is 2.36. The fourth-order valence-corrected chi connectivity index (χ4v) is 3.76. The zero-order valence-corrected chi connectivity index (χ0v) is 14.2. The van der Waals surface area contributed by atoms with E-state index in [9.17, 15) is 4.79 Å². The lowest BCUT2D eigenvalue weighted by atomic mass is 9.91. The predicted octanol–water partition coefficient (Wildman–Crippen LogP) is 1.37. The molecule has 1 amide bonds. The van der Waals surface area contributed by atoms with Crippen LogP contribution in [0.15, 0.2) is 36.7 Å². The molecule has 3 atom stereocenters. The van der Waals surface area contributed by atoms with Crippen LogP contribution in [-0.2, 0) is 11.8 Å². The van der Waals surface area contributed by atoms with Gasteiger partial charge >= 0.3 is 0 Å². The van der Waals surface area contributed by atoms with Crippen LogP contribution in [0.25, 0.3) is 0 Å². The second kappa shape index (κ2) is 6.84. The van der Waals surface area contributed by atoms with E-state index in [0.29, 0.717) is 36.6 Å². The van der Waals surface area contributed by atoms with Gasteiger partial charge in [-0.1, -0.05) is 6.07 Å². The SMILES string of the molecule is Cn1nccc1C(=O)N1C[C@H]2[C@@H](CCOc3ccccn3)CO[C@H]2C1. The minimum absolute atomic E-state index is 0.0292. The van der Waals surface area contributed by atoms with E-state index < -0.39 is 0 Å². The van der Waals surface area contributed by atoms with Crippen molar-refractivity contribution in [1.82, 2.24) is 19.7 Å². The summed E-state index contributed by atoms with van der Waals surface area (Å²) in [5.41, 5.74) is 0.620. The van der Waals surface area contributed by atoms with Crippen LogP contribution in [0.1, 0.15) is 16.9 Å². The molecule has 7 nitrogen and oxygen atoms in total. The zero-order chi connectivity index (χ0) is 17.2. The average molecular weight is 342 g/mol. The number of hydrogen-bond acceptors (Lipinski definition) is 5. The van der Waals surface area contributed by atoms with Gasteiger partial charge in [-0.3, -0.25) is 9.48 Å². The summed E-state index contributed by atoms with van der Waals surface area (Å²) >= 11 is 0. The first-order valence-electron chi connectivity index (χ1n) is 8.65. The molecule has 2 fully saturated rings. The third-order valence-corrected chi connectivity index (χ3v) is 5.14. The molecule has 0 N–H and O–H groups in total. The molecule has 2 aromatic heterocycles. The van der Waals surface area contributed by atoms with Gasteiger partial charge in [-0.2, -0.15) is 5.10 Å². The highest BCUT2D eigenvalue weighted by Gasteiger charge is 2.45. The van der Waals surface area contributed by atoms with Gasteiger partial charge in [0.15, 0.2) is 0 Å². The van der Waals surface area contributed by atoms with Crippen molar-refractivity contribution < 1.29 is 14.3 Å². The number of carbonyl (C=O) groups is 1. The van der Waals surface area contributed by atoms with E-state index in [1.165, 1.54) is 0 Å². The Labute approximate surface area is 146 Å². The number of hydrogen-bond donors (Lipinski definition) is 0. The number of aromatic nitrogens is 3. The number of pyridine rings is 1. The summed E-state index contributed by atoms with van der Waals surface area (Å²) < 4.78 is 13.3. The standard InChI is InChI=1S/C18H22N4O3/c1-21-15(5-8-20-21)18(23)22-10-14-13(12-25-16(14)11-22)6-9-24-17-4-2-3-7-19-17/h2-5,7-8,13-14,16H,6,9-12H2,1H3/t13-,14-,16-/m0/s1. The molecule has 132 valence electrons. The van der Waals surface area contributed by atoms with Gasteiger partial charge in [0.1, 0.15) is 5.69 Å². The molecule has 4 rings (SSSR count). The van der Waals surface area contributed by atoms with Gasteiger partial charge in [0.2, 0.25) is 5.88 Å². The van der Waals surface area contributed by atoms with Crippen molar-refractivity contribution in [2.45, 2.75) is 12.5 Å². The van der Waals surface area contributed by atoms with Crippen LogP contribution in [-0.4, -0.2) is 58.0 Å². The molecule has 2 aliphatic heterocycles. The molecule has 2 saturated heterocycles. The molecular weight excluding hydrogens is 320 g/mol. The van der Waals surface area contributed by atoms with Crippen LogP contribution < -0.4 is 4.74 Å². The Morgan fingerprint density at radius 2 is 2.24 bits per heavy atom. The van der Waals surface area contributed by atoms with Crippen molar-refractivity contribution in [2.24, 2.45) is 18.9 Å². The van der Waals surface area contributed by atoms with Crippen molar-refractivity contribution >= 4 is 5.91 Å².